The molecule has 1 N–H and O–H groups in total. The Bertz CT molecular complexity index is 538. The van der Waals surface area contributed by atoms with Gasteiger partial charge < -0.3 is 9.84 Å². The molecule has 0 fully saturated rings. The van der Waals surface area contributed by atoms with Gasteiger partial charge in [0.1, 0.15) is 0 Å². The second kappa shape index (κ2) is 4.76. The summed E-state index contributed by atoms with van der Waals surface area (Å²) in [5, 5.41) is 9.64. The molecule has 0 saturated heterocycles. The summed E-state index contributed by atoms with van der Waals surface area (Å²) in [6, 6.07) is 8.70. The maximum atomic E-state index is 12.1. The molecule has 2 rings (SSSR count). The monoisotopic (exact) mass is 261 g/mol. The zero-order chi connectivity index (χ0) is 14.0. The molecule has 5 heteroatoms. The molecule has 0 aromatic heterocycles. The molecule has 0 aliphatic carbocycles. The van der Waals surface area contributed by atoms with Crippen LogP contribution in [0.1, 0.15) is 13.8 Å². The van der Waals surface area contributed by atoms with Crippen LogP contribution in [-0.2, 0) is 14.3 Å². The highest BCUT2D eigenvalue weighted by molar-refractivity contribution is 6.14. The van der Waals surface area contributed by atoms with Crippen LogP contribution in [0.2, 0.25) is 0 Å². The van der Waals surface area contributed by atoms with Crippen LogP contribution in [0.5, 0.6) is 0 Å². The number of hydrogen-bond acceptors (Lipinski definition) is 4. The van der Waals surface area contributed by atoms with Crippen molar-refractivity contribution in [3.05, 3.63) is 42.2 Å². The van der Waals surface area contributed by atoms with Gasteiger partial charge in [0.15, 0.2) is 11.3 Å². The third-order valence-corrected chi connectivity index (χ3v) is 3.01. The first-order valence-electron chi connectivity index (χ1n) is 5.99. The van der Waals surface area contributed by atoms with Crippen LogP contribution in [0, 0.1) is 0 Å². The fraction of sp³-hybridized carbons (Fsp3) is 0.286. The SMILES string of the molecule is CCOC(=O)[C@@]1(C)C=C(O)C(=O)N1c1ccccc1. The summed E-state index contributed by atoms with van der Waals surface area (Å²) in [5.74, 6) is -1.63. The van der Waals surface area contributed by atoms with Crippen LogP contribution < -0.4 is 4.90 Å². The van der Waals surface area contributed by atoms with Gasteiger partial charge in [-0.15, -0.1) is 0 Å². The molecular formula is C14H15NO4. The molecule has 1 atom stereocenters. The van der Waals surface area contributed by atoms with Crippen LogP contribution in [0.25, 0.3) is 0 Å². The number of carbonyl (C=O) groups is 2. The molecule has 1 aromatic carbocycles. The maximum Gasteiger partial charge on any atom is 0.336 e. The fourth-order valence-corrected chi connectivity index (χ4v) is 2.11. The summed E-state index contributed by atoms with van der Waals surface area (Å²) in [5.41, 5.74) is -0.790. The number of nitrogens with zero attached hydrogens (tertiary/aromatic N) is 1. The Labute approximate surface area is 111 Å². The first kappa shape index (κ1) is 13.1. The molecule has 0 unspecified atom stereocenters. The molecule has 0 radical (unpaired) electrons. The molecule has 0 saturated carbocycles. The quantitative estimate of drug-likeness (QED) is 0.842. The van der Waals surface area contributed by atoms with Crippen molar-refractivity contribution in [3.8, 4) is 0 Å². The van der Waals surface area contributed by atoms with E-state index >= 15 is 0 Å². The Morgan fingerprint density at radius 1 is 1.37 bits per heavy atom. The number of hydrogen-bond donors (Lipinski definition) is 1. The van der Waals surface area contributed by atoms with Crippen LogP contribution in [-0.4, -0.2) is 29.1 Å². The van der Waals surface area contributed by atoms with E-state index in [4.69, 9.17) is 4.74 Å². The molecule has 1 aliphatic heterocycles. The Hall–Kier alpha value is -2.30. The first-order valence-corrected chi connectivity index (χ1v) is 5.99. The van der Waals surface area contributed by atoms with E-state index < -0.39 is 23.2 Å². The lowest BCUT2D eigenvalue weighted by atomic mass is 10.0. The van der Waals surface area contributed by atoms with Crippen molar-refractivity contribution in [1.82, 2.24) is 0 Å². The van der Waals surface area contributed by atoms with Crippen molar-refractivity contribution < 1.29 is 19.4 Å². The minimum atomic E-state index is -1.32. The molecule has 0 spiro atoms. The van der Waals surface area contributed by atoms with Crippen LogP contribution in [0.15, 0.2) is 42.2 Å². The molecule has 0 bridgehead atoms. The van der Waals surface area contributed by atoms with E-state index in [1.165, 1.54) is 11.0 Å². The first-order chi connectivity index (χ1) is 9.00. The van der Waals surface area contributed by atoms with E-state index in [0.717, 1.165) is 0 Å². The molecule has 100 valence electrons. The van der Waals surface area contributed by atoms with E-state index in [-0.39, 0.29) is 6.61 Å². The molecule has 1 aromatic rings. The van der Waals surface area contributed by atoms with Gasteiger partial charge in [-0.1, -0.05) is 18.2 Å². The molecule has 1 heterocycles. The summed E-state index contributed by atoms with van der Waals surface area (Å²) < 4.78 is 4.99. The van der Waals surface area contributed by atoms with Crippen molar-refractivity contribution in [2.45, 2.75) is 19.4 Å². The average Bonchev–Trinajstić information content (AvgIpc) is 2.63. The van der Waals surface area contributed by atoms with E-state index in [0.29, 0.717) is 5.69 Å². The second-order valence-corrected chi connectivity index (χ2v) is 4.37. The Kier molecular flexibility index (Phi) is 3.29. The number of carbonyl (C=O) groups excluding carboxylic acids is 2. The highest BCUT2D eigenvalue weighted by Gasteiger charge is 2.49. The predicted octanol–water partition coefficient (Wildman–Crippen LogP) is 1.80. The minimum absolute atomic E-state index is 0.208. The number of benzene rings is 1. The van der Waals surface area contributed by atoms with Crippen molar-refractivity contribution >= 4 is 17.6 Å². The number of esters is 1. The van der Waals surface area contributed by atoms with Gasteiger partial charge in [-0.25, -0.2) is 4.79 Å². The van der Waals surface area contributed by atoms with Crippen LogP contribution >= 0.6 is 0 Å². The highest BCUT2D eigenvalue weighted by atomic mass is 16.5. The van der Waals surface area contributed by atoms with Gasteiger partial charge in [0, 0.05) is 11.8 Å². The standard InChI is InChI=1S/C14H15NO4/c1-3-19-13(18)14(2)9-11(16)12(17)15(14)10-7-5-4-6-8-10/h4-9,16H,3H2,1-2H3/t14-/m1/s1. The lowest BCUT2D eigenvalue weighted by molar-refractivity contribution is -0.147. The van der Waals surface area contributed by atoms with Crippen molar-refractivity contribution in [2.24, 2.45) is 0 Å². The maximum absolute atomic E-state index is 12.1. The minimum Gasteiger partial charge on any atom is -0.503 e. The Morgan fingerprint density at radius 2 is 2.00 bits per heavy atom. The number of anilines is 1. The summed E-state index contributed by atoms with van der Waals surface area (Å²) in [6.45, 7) is 3.44. The van der Waals surface area contributed by atoms with Gasteiger partial charge in [-0.2, -0.15) is 0 Å². The number of aliphatic hydroxyl groups excluding tert-OH is 1. The molecule has 5 nitrogen and oxygen atoms in total. The summed E-state index contributed by atoms with van der Waals surface area (Å²) in [7, 11) is 0. The predicted molar refractivity (Wildman–Crippen MR) is 69.7 cm³/mol. The van der Waals surface area contributed by atoms with Crippen molar-refractivity contribution in [2.75, 3.05) is 11.5 Å². The number of para-hydroxylation sites is 1. The topological polar surface area (TPSA) is 66.8 Å². The number of amides is 1. The van der Waals surface area contributed by atoms with Gasteiger partial charge >= 0.3 is 5.97 Å². The molecule has 1 aliphatic rings. The smallest absolute Gasteiger partial charge is 0.336 e. The second-order valence-electron chi connectivity index (χ2n) is 4.37. The lowest BCUT2D eigenvalue weighted by Crippen LogP contribution is -2.51. The third kappa shape index (κ3) is 2.07. The van der Waals surface area contributed by atoms with E-state index in [1.54, 1.807) is 44.2 Å². The van der Waals surface area contributed by atoms with E-state index in [9.17, 15) is 14.7 Å². The normalized spacial score (nSPS) is 22.3. The number of ether oxygens (including phenoxy) is 1. The number of rotatable bonds is 3. The average molecular weight is 261 g/mol. The van der Waals surface area contributed by atoms with Gasteiger partial charge in [0.2, 0.25) is 0 Å². The zero-order valence-electron chi connectivity index (χ0n) is 10.8. The van der Waals surface area contributed by atoms with E-state index in [1.807, 2.05) is 0 Å². The van der Waals surface area contributed by atoms with Crippen molar-refractivity contribution in [3.63, 3.8) is 0 Å². The van der Waals surface area contributed by atoms with Gasteiger partial charge in [0.05, 0.1) is 6.61 Å². The largest absolute Gasteiger partial charge is 0.503 e. The Balaban J connectivity index is 2.46. The van der Waals surface area contributed by atoms with Gasteiger partial charge in [-0.3, -0.25) is 9.69 Å². The van der Waals surface area contributed by atoms with E-state index in [2.05, 4.69) is 0 Å². The molecule has 1 amide bonds. The third-order valence-electron chi connectivity index (χ3n) is 3.01. The number of aliphatic hydroxyl groups is 1. The van der Waals surface area contributed by atoms with Crippen LogP contribution in [0.4, 0.5) is 5.69 Å². The van der Waals surface area contributed by atoms with Gasteiger partial charge in [-0.05, 0) is 26.0 Å². The lowest BCUT2D eigenvalue weighted by Gasteiger charge is -2.31. The van der Waals surface area contributed by atoms with Gasteiger partial charge in [0.25, 0.3) is 5.91 Å². The van der Waals surface area contributed by atoms with Crippen molar-refractivity contribution in [1.29, 1.82) is 0 Å². The summed E-state index contributed by atoms with van der Waals surface area (Å²) in [4.78, 5) is 25.3. The molecule has 19 heavy (non-hydrogen) atoms. The fourth-order valence-electron chi connectivity index (χ4n) is 2.11. The zero-order valence-corrected chi connectivity index (χ0v) is 10.8. The summed E-state index contributed by atoms with van der Waals surface area (Å²) >= 11 is 0. The molecular weight excluding hydrogens is 246 g/mol. The highest BCUT2D eigenvalue weighted by Crippen LogP contribution is 2.33. The Morgan fingerprint density at radius 3 is 2.58 bits per heavy atom. The summed E-state index contributed by atoms with van der Waals surface area (Å²) in [6.07, 6.45) is 1.22. The van der Waals surface area contributed by atoms with Crippen LogP contribution in [0.3, 0.4) is 0 Å².